The number of rotatable bonds is 3. The van der Waals surface area contributed by atoms with Crippen LogP contribution in [0.15, 0.2) is 36.4 Å². The Labute approximate surface area is 213 Å². The lowest BCUT2D eigenvalue weighted by Gasteiger charge is -2.43. The van der Waals surface area contributed by atoms with Gasteiger partial charge in [-0.1, -0.05) is 12.1 Å². The number of nitriles is 1. The van der Waals surface area contributed by atoms with Gasteiger partial charge >= 0.3 is 0 Å². The number of aromatic nitrogens is 2. The third-order valence-corrected chi connectivity index (χ3v) is 8.20. The highest BCUT2D eigenvalue weighted by Crippen LogP contribution is 2.41. The topological polar surface area (TPSA) is 94.5 Å². The Balaban J connectivity index is 1.30. The molecule has 5 heterocycles. The molecule has 8 nitrogen and oxygen atoms in total. The van der Waals surface area contributed by atoms with E-state index < -0.39 is 0 Å². The quantitative estimate of drug-likeness (QED) is 0.556. The van der Waals surface area contributed by atoms with E-state index in [4.69, 9.17) is 20.4 Å². The van der Waals surface area contributed by atoms with E-state index in [0.717, 1.165) is 67.1 Å². The monoisotopic (exact) mass is 481 g/mol. The first-order valence-electron chi connectivity index (χ1n) is 12.8. The first-order chi connectivity index (χ1) is 17.5. The van der Waals surface area contributed by atoms with Crippen LogP contribution in [0.4, 0.5) is 11.5 Å². The van der Waals surface area contributed by atoms with Crippen molar-refractivity contribution < 1.29 is 4.74 Å². The van der Waals surface area contributed by atoms with Crippen LogP contribution in [0.2, 0.25) is 0 Å². The Morgan fingerprint density at radius 1 is 1.08 bits per heavy atom. The Kier molecular flexibility index (Phi) is 5.83. The van der Waals surface area contributed by atoms with E-state index in [1.54, 1.807) is 7.11 Å². The molecule has 1 aromatic carbocycles. The second kappa shape index (κ2) is 9.04. The number of hydrogen-bond acceptors (Lipinski definition) is 8. The summed E-state index contributed by atoms with van der Waals surface area (Å²) in [7, 11) is 3.71. The highest BCUT2D eigenvalue weighted by molar-refractivity contribution is 6.31. The van der Waals surface area contributed by atoms with E-state index in [0.29, 0.717) is 11.6 Å². The van der Waals surface area contributed by atoms with Crippen molar-refractivity contribution in [3.63, 3.8) is 0 Å². The van der Waals surface area contributed by atoms with Crippen LogP contribution in [0.3, 0.4) is 0 Å². The van der Waals surface area contributed by atoms with Crippen LogP contribution in [-0.4, -0.2) is 74.2 Å². The maximum absolute atomic E-state index is 9.63. The largest absolute Gasteiger partial charge is 0.378 e. The molecule has 0 saturated carbocycles. The molecule has 2 fully saturated rings. The van der Waals surface area contributed by atoms with Gasteiger partial charge in [0.2, 0.25) is 0 Å². The molecule has 9 heteroatoms. The van der Waals surface area contributed by atoms with Crippen molar-refractivity contribution in [2.24, 2.45) is 5.73 Å². The maximum atomic E-state index is 9.63. The minimum absolute atomic E-state index is 0.0363. The van der Waals surface area contributed by atoms with Crippen molar-refractivity contribution in [2.75, 3.05) is 43.1 Å². The molecule has 3 aromatic rings. The van der Waals surface area contributed by atoms with Gasteiger partial charge in [0.25, 0.3) is 0 Å². The lowest BCUT2D eigenvalue weighted by atomic mass is 9.98. The third kappa shape index (κ3) is 3.81. The lowest BCUT2D eigenvalue weighted by Crippen LogP contribution is -2.51. The Morgan fingerprint density at radius 2 is 1.94 bits per heavy atom. The number of pyridine rings is 2. The molecule has 4 atom stereocenters. The maximum Gasteiger partial charge on any atom is 0.163 e. The van der Waals surface area contributed by atoms with E-state index in [1.807, 2.05) is 20.0 Å². The van der Waals surface area contributed by atoms with Gasteiger partial charge in [-0.3, -0.25) is 9.88 Å². The molecule has 6 rings (SSSR count). The second-order valence-electron chi connectivity index (χ2n) is 10.4. The van der Waals surface area contributed by atoms with Crippen molar-refractivity contribution in [2.45, 2.75) is 44.1 Å². The van der Waals surface area contributed by atoms with Crippen LogP contribution in [0, 0.1) is 11.3 Å². The van der Waals surface area contributed by atoms with Gasteiger partial charge in [-0.15, -0.1) is 0 Å². The normalized spacial score (nSPS) is 26.1. The van der Waals surface area contributed by atoms with Gasteiger partial charge in [-0.25, -0.2) is 4.98 Å². The number of anilines is 2. The summed E-state index contributed by atoms with van der Waals surface area (Å²) >= 11 is 0. The Hall–Kier alpha value is -3.19. The fourth-order valence-electron chi connectivity index (χ4n) is 6.20. The highest BCUT2D eigenvalue weighted by Gasteiger charge is 2.40. The molecule has 0 amide bonds. The number of nitrogens with two attached hydrogens (primary N) is 1. The first kappa shape index (κ1) is 23.2. The molecule has 0 radical (unpaired) electrons. The van der Waals surface area contributed by atoms with Gasteiger partial charge in [0, 0.05) is 63.0 Å². The van der Waals surface area contributed by atoms with Gasteiger partial charge < -0.3 is 20.3 Å². The van der Waals surface area contributed by atoms with Crippen LogP contribution < -0.4 is 21.1 Å². The predicted molar refractivity (Wildman–Crippen MR) is 144 cm³/mol. The van der Waals surface area contributed by atoms with Crippen molar-refractivity contribution >= 4 is 35.8 Å². The fourth-order valence-corrected chi connectivity index (χ4v) is 6.20. The molecule has 0 aliphatic carbocycles. The molecule has 2 aromatic heterocycles. The van der Waals surface area contributed by atoms with E-state index in [-0.39, 0.29) is 18.2 Å². The summed E-state index contributed by atoms with van der Waals surface area (Å²) in [5.41, 5.74) is 12.2. The van der Waals surface area contributed by atoms with E-state index in [9.17, 15) is 5.26 Å². The van der Waals surface area contributed by atoms with Gasteiger partial charge in [0.05, 0.1) is 28.9 Å². The number of ether oxygens (including phenoxy) is 1. The van der Waals surface area contributed by atoms with Crippen molar-refractivity contribution in [1.29, 1.82) is 5.26 Å². The van der Waals surface area contributed by atoms with Crippen molar-refractivity contribution in [3.05, 3.63) is 53.2 Å². The molecule has 2 N–H and O–H groups in total. The van der Waals surface area contributed by atoms with Gasteiger partial charge in [0.1, 0.15) is 11.9 Å². The fraction of sp³-hybridized carbons (Fsp3) is 0.444. The minimum Gasteiger partial charge on any atom is -0.378 e. The Morgan fingerprint density at radius 3 is 2.75 bits per heavy atom. The average molecular weight is 481 g/mol. The number of benzene rings is 1. The molecule has 184 valence electrons. The number of piperazine rings is 1. The molecular weight excluding hydrogens is 449 g/mol. The molecule has 3 aliphatic heterocycles. The SMILES string of the molecule is Bc1ccc2c(N3C[C@@H](C)N4Cc5nc(N6CC[C@H](N)[C@H](OC)C6)ccc5[C@H]4C3)ccc(C#N)c2n1. The smallest absolute Gasteiger partial charge is 0.163 e. The summed E-state index contributed by atoms with van der Waals surface area (Å²) in [6.45, 7) is 6.67. The molecule has 0 unspecified atom stereocenters. The number of nitrogens with zero attached hydrogens (tertiary/aromatic N) is 6. The van der Waals surface area contributed by atoms with Crippen LogP contribution in [0.25, 0.3) is 10.9 Å². The third-order valence-electron chi connectivity index (χ3n) is 8.20. The minimum atomic E-state index is 0.0363. The molecule has 2 saturated heterocycles. The summed E-state index contributed by atoms with van der Waals surface area (Å²) in [6.07, 6.45) is 0.944. The van der Waals surface area contributed by atoms with Crippen molar-refractivity contribution in [1.82, 2.24) is 14.9 Å². The van der Waals surface area contributed by atoms with E-state index in [2.05, 4.69) is 52.0 Å². The highest BCUT2D eigenvalue weighted by atomic mass is 16.5. The molecule has 0 spiro atoms. The van der Waals surface area contributed by atoms with Gasteiger partial charge in [-0.05, 0) is 48.8 Å². The molecular formula is C27H32BN7O. The average Bonchev–Trinajstić information content (AvgIpc) is 3.26. The van der Waals surface area contributed by atoms with Crippen molar-refractivity contribution in [3.8, 4) is 6.07 Å². The summed E-state index contributed by atoms with van der Waals surface area (Å²) < 4.78 is 5.61. The second-order valence-corrected chi connectivity index (χ2v) is 10.4. The van der Waals surface area contributed by atoms with Crippen LogP contribution in [0.1, 0.15) is 36.2 Å². The molecule has 36 heavy (non-hydrogen) atoms. The first-order valence-corrected chi connectivity index (χ1v) is 12.8. The lowest BCUT2D eigenvalue weighted by molar-refractivity contribution is 0.0728. The predicted octanol–water partition coefficient (Wildman–Crippen LogP) is 1.08. The number of piperidine rings is 1. The molecule has 3 aliphatic rings. The number of hydrogen-bond donors (Lipinski definition) is 1. The van der Waals surface area contributed by atoms with Crippen LogP contribution in [0.5, 0.6) is 0 Å². The zero-order chi connectivity index (χ0) is 25.0. The van der Waals surface area contributed by atoms with Gasteiger partial charge in [-0.2, -0.15) is 5.26 Å². The zero-order valence-electron chi connectivity index (χ0n) is 21.2. The summed E-state index contributed by atoms with van der Waals surface area (Å²) in [6, 6.07) is 15.6. The summed E-state index contributed by atoms with van der Waals surface area (Å²) in [5, 5.41) is 10.7. The van der Waals surface area contributed by atoms with Crippen LogP contribution in [-0.2, 0) is 11.3 Å². The van der Waals surface area contributed by atoms with E-state index in [1.165, 1.54) is 11.3 Å². The summed E-state index contributed by atoms with van der Waals surface area (Å²) in [4.78, 5) is 17.2. The summed E-state index contributed by atoms with van der Waals surface area (Å²) in [5.74, 6) is 1.02. The van der Waals surface area contributed by atoms with Crippen LogP contribution >= 0.6 is 0 Å². The van der Waals surface area contributed by atoms with Gasteiger partial charge in [0.15, 0.2) is 7.85 Å². The van der Waals surface area contributed by atoms with E-state index >= 15 is 0 Å². The number of methoxy groups -OCH3 is 1. The zero-order valence-corrected chi connectivity index (χ0v) is 21.2. The Bertz CT molecular complexity index is 1360. The standard InChI is InChI=1S/C27H32BN7O/c1-16-12-34(22-6-3-17(11-29)27-19(22)4-7-25(28)32-27)14-23-18-5-8-26(31-21(18)13-35(16)23)33-10-9-20(30)24(15-33)36-2/h3-8,16,20,23-24H,9-10,12-15,28,30H2,1-2H3/t16-,20+,23-,24-/m1/s1. The molecule has 0 bridgehead atoms. The number of fused-ring (bicyclic) bond motifs is 4.